The van der Waals surface area contributed by atoms with E-state index in [1.807, 2.05) is 25.1 Å². The minimum Gasteiger partial charge on any atom is -0.398 e. The van der Waals surface area contributed by atoms with E-state index in [9.17, 15) is 0 Å². The average Bonchev–Trinajstić information content (AvgIpc) is 2.32. The van der Waals surface area contributed by atoms with E-state index >= 15 is 0 Å². The summed E-state index contributed by atoms with van der Waals surface area (Å²) in [4.78, 5) is 4.45. The van der Waals surface area contributed by atoms with Crippen LogP contribution in [0.15, 0.2) is 22.7 Å². The van der Waals surface area contributed by atoms with Crippen molar-refractivity contribution >= 4 is 38.2 Å². The number of aromatic nitrogens is 1. The Labute approximate surface area is 108 Å². The molecule has 0 radical (unpaired) electrons. The van der Waals surface area contributed by atoms with Crippen LogP contribution in [-0.2, 0) is 0 Å². The van der Waals surface area contributed by atoms with Gasteiger partial charge in [0.15, 0.2) is 0 Å². The number of nitrogens with two attached hydrogens (primary N) is 1. The van der Waals surface area contributed by atoms with E-state index in [0.717, 1.165) is 26.8 Å². The van der Waals surface area contributed by atoms with Crippen LogP contribution in [0.25, 0.3) is 10.8 Å². The van der Waals surface area contributed by atoms with Crippen LogP contribution >= 0.6 is 15.9 Å². The number of aliphatic hydroxyl groups is 1. The first kappa shape index (κ1) is 12.1. The molecule has 0 bridgehead atoms. The van der Waals surface area contributed by atoms with Crippen LogP contribution in [0.2, 0.25) is 0 Å². The second kappa shape index (κ2) is 4.89. The summed E-state index contributed by atoms with van der Waals surface area (Å²) in [6, 6.07) is 5.72. The highest BCUT2D eigenvalue weighted by molar-refractivity contribution is 9.10. The molecule has 90 valence electrons. The Morgan fingerprint density at radius 3 is 2.94 bits per heavy atom. The Bertz CT molecular complexity index is 557. The largest absolute Gasteiger partial charge is 0.398 e. The number of fused-ring (bicyclic) bond motifs is 1. The standard InChI is InChI=1S/C12H14BrN3O/c1-7-11(13)10-8(3-2-4-9(10)14)12(16-7)15-5-6-17/h2-4,17H,5-6,14H2,1H3,(H,15,16). The molecule has 4 nitrogen and oxygen atoms in total. The van der Waals surface area contributed by atoms with Crippen LogP contribution in [-0.4, -0.2) is 23.2 Å². The first-order valence-electron chi connectivity index (χ1n) is 5.34. The number of rotatable bonds is 3. The highest BCUT2D eigenvalue weighted by atomic mass is 79.9. The first-order chi connectivity index (χ1) is 8.15. The number of halogens is 1. The predicted molar refractivity (Wildman–Crippen MR) is 74.2 cm³/mol. The molecular formula is C12H14BrN3O. The lowest BCUT2D eigenvalue weighted by molar-refractivity contribution is 0.311. The van der Waals surface area contributed by atoms with Gasteiger partial charge in [-0.1, -0.05) is 12.1 Å². The molecule has 0 aliphatic carbocycles. The van der Waals surface area contributed by atoms with E-state index < -0.39 is 0 Å². The summed E-state index contributed by atoms with van der Waals surface area (Å²) in [6.45, 7) is 2.46. The molecular weight excluding hydrogens is 282 g/mol. The first-order valence-corrected chi connectivity index (χ1v) is 6.13. The summed E-state index contributed by atoms with van der Waals surface area (Å²) in [5.41, 5.74) is 7.57. The Balaban J connectivity index is 2.69. The summed E-state index contributed by atoms with van der Waals surface area (Å²) in [5, 5.41) is 13.9. The van der Waals surface area contributed by atoms with E-state index in [1.165, 1.54) is 0 Å². The molecule has 0 spiro atoms. The van der Waals surface area contributed by atoms with E-state index in [0.29, 0.717) is 12.2 Å². The van der Waals surface area contributed by atoms with Gasteiger partial charge in [-0.05, 0) is 28.9 Å². The van der Waals surface area contributed by atoms with Gasteiger partial charge in [0.1, 0.15) is 5.82 Å². The number of hydrogen-bond acceptors (Lipinski definition) is 4. The van der Waals surface area contributed by atoms with Crippen LogP contribution in [0.5, 0.6) is 0 Å². The fourth-order valence-electron chi connectivity index (χ4n) is 1.78. The molecule has 0 aliphatic heterocycles. The molecule has 1 heterocycles. The van der Waals surface area contributed by atoms with Gasteiger partial charge in [0.2, 0.25) is 0 Å². The third-order valence-electron chi connectivity index (χ3n) is 2.57. The molecule has 0 fully saturated rings. The van der Waals surface area contributed by atoms with Gasteiger partial charge in [-0.15, -0.1) is 0 Å². The SMILES string of the molecule is Cc1nc(NCCO)c2cccc(N)c2c1Br. The molecule has 0 saturated carbocycles. The third kappa shape index (κ3) is 2.21. The Hall–Kier alpha value is -1.33. The number of pyridine rings is 1. The smallest absolute Gasteiger partial charge is 0.134 e. The van der Waals surface area contributed by atoms with Crippen molar-refractivity contribution in [1.82, 2.24) is 4.98 Å². The van der Waals surface area contributed by atoms with Crippen molar-refractivity contribution in [1.29, 1.82) is 0 Å². The summed E-state index contributed by atoms with van der Waals surface area (Å²) in [7, 11) is 0. The van der Waals surface area contributed by atoms with Crippen molar-refractivity contribution in [3.63, 3.8) is 0 Å². The Morgan fingerprint density at radius 1 is 1.47 bits per heavy atom. The number of nitrogens with zero attached hydrogens (tertiary/aromatic N) is 1. The summed E-state index contributed by atoms with van der Waals surface area (Å²) >= 11 is 3.51. The van der Waals surface area contributed by atoms with Crippen molar-refractivity contribution in [2.45, 2.75) is 6.92 Å². The molecule has 0 unspecified atom stereocenters. The molecule has 0 atom stereocenters. The predicted octanol–water partition coefficient (Wildman–Crippen LogP) is 2.29. The van der Waals surface area contributed by atoms with E-state index in [1.54, 1.807) is 0 Å². The van der Waals surface area contributed by atoms with Crippen molar-refractivity contribution < 1.29 is 5.11 Å². The quantitative estimate of drug-likeness (QED) is 0.760. The number of aliphatic hydroxyl groups excluding tert-OH is 1. The fraction of sp³-hybridized carbons (Fsp3) is 0.250. The lowest BCUT2D eigenvalue weighted by Crippen LogP contribution is -2.08. The number of nitrogens with one attached hydrogen (secondary N) is 1. The van der Waals surface area contributed by atoms with Crippen molar-refractivity contribution in [2.24, 2.45) is 0 Å². The van der Waals surface area contributed by atoms with Gasteiger partial charge in [0, 0.05) is 27.5 Å². The van der Waals surface area contributed by atoms with Crippen LogP contribution in [0.4, 0.5) is 11.5 Å². The molecule has 0 saturated heterocycles. The normalized spacial score (nSPS) is 10.8. The Kier molecular flexibility index (Phi) is 3.49. The van der Waals surface area contributed by atoms with Gasteiger partial charge in [0.25, 0.3) is 0 Å². The molecule has 1 aromatic heterocycles. The van der Waals surface area contributed by atoms with Crippen LogP contribution in [0.1, 0.15) is 5.69 Å². The zero-order valence-electron chi connectivity index (χ0n) is 9.50. The van der Waals surface area contributed by atoms with E-state index in [-0.39, 0.29) is 6.61 Å². The van der Waals surface area contributed by atoms with Gasteiger partial charge in [-0.25, -0.2) is 4.98 Å². The molecule has 5 heteroatoms. The van der Waals surface area contributed by atoms with Gasteiger partial charge >= 0.3 is 0 Å². The number of nitrogen functional groups attached to an aromatic ring is 1. The molecule has 2 rings (SSSR count). The minimum absolute atomic E-state index is 0.0700. The average molecular weight is 296 g/mol. The molecule has 0 aliphatic rings. The zero-order chi connectivity index (χ0) is 12.4. The van der Waals surface area contributed by atoms with Crippen LogP contribution < -0.4 is 11.1 Å². The topological polar surface area (TPSA) is 71.2 Å². The molecule has 2 aromatic rings. The number of hydrogen-bond donors (Lipinski definition) is 3. The Morgan fingerprint density at radius 2 is 2.24 bits per heavy atom. The molecule has 0 amide bonds. The molecule has 4 N–H and O–H groups in total. The third-order valence-corrected chi connectivity index (χ3v) is 3.54. The van der Waals surface area contributed by atoms with Crippen LogP contribution in [0, 0.1) is 6.92 Å². The summed E-state index contributed by atoms with van der Waals surface area (Å²) < 4.78 is 0.917. The highest BCUT2D eigenvalue weighted by Crippen LogP contribution is 2.34. The summed E-state index contributed by atoms with van der Waals surface area (Å²) in [5.74, 6) is 0.752. The minimum atomic E-state index is 0.0700. The lowest BCUT2D eigenvalue weighted by Gasteiger charge is -2.12. The van der Waals surface area contributed by atoms with E-state index in [2.05, 4.69) is 26.2 Å². The van der Waals surface area contributed by atoms with Gasteiger partial charge in [-0.3, -0.25) is 0 Å². The maximum Gasteiger partial charge on any atom is 0.134 e. The molecule has 17 heavy (non-hydrogen) atoms. The maximum atomic E-state index is 8.85. The zero-order valence-corrected chi connectivity index (χ0v) is 11.1. The van der Waals surface area contributed by atoms with Crippen molar-refractivity contribution in [3.8, 4) is 0 Å². The fourth-order valence-corrected chi connectivity index (χ4v) is 2.31. The second-order valence-corrected chi connectivity index (χ2v) is 4.57. The second-order valence-electron chi connectivity index (χ2n) is 3.78. The lowest BCUT2D eigenvalue weighted by atomic mass is 10.1. The monoisotopic (exact) mass is 295 g/mol. The maximum absolute atomic E-state index is 8.85. The highest BCUT2D eigenvalue weighted by Gasteiger charge is 2.11. The van der Waals surface area contributed by atoms with E-state index in [4.69, 9.17) is 10.8 Å². The number of aryl methyl sites for hydroxylation is 1. The number of anilines is 2. The summed E-state index contributed by atoms with van der Waals surface area (Å²) in [6.07, 6.45) is 0. The number of benzene rings is 1. The van der Waals surface area contributed by atoms with Crippen molar-refractivity contribution in [3.05, 3.63) is 28.4 Å². The van der Waals surface area contributed by atoms with Gasteiger partial charge < -0.3 is 16.2 Å². The van der Waals surface area contributed by atoms with Gasteiger partial charge in [0.05, 0.1) is 12.3 Å². The van der Waals surface area contributed by atoms with Gasteiger partial charge in [-0.2, -0.15) is 0 Å². The molecule has 1 aromatic carbocycles. The van der Waals surface area contributed by atoms with Crippen LogP contribution in [0.3, 0.4) is 0 Å². The van der Waals surface area contributed by atoms with Crippen molar-refractivity contribution in [2.75, 3.05) is 24.2 Å².